The normalized spacial score (nSPS) is 42.2. The van der Waals surface area contributed by atoms with Gasteiger partial charge in [0.05, 0.1) is 11.3 Å². The molecule has 0 amide bonds. The lowest BCUT2D eigenvalue weighted by atomic mass is 9.32. The van der Waals surface area contributed by atoms with Crippen LogP contribution in [0.25, 0.3) is 0 Å². The van der Waals surface area contributed by atoms with Crippen molar-refractivity contribution in [3.05, 3.63) is 11.6 Å². The van der Waals surface area contributed by atoms with Crippen molar-refractivity contribution in [3.8, 4) is 0 Å². The van der Waals surface area contributed by atoms with Gasteiger partial charge in [0, 0.05) is 43.9 Å². The molecule has 5 aliphatic rings. The topological polar surface area (TPSA) is 152 Å². The number of hydrogen-bond donors (Lipinski definition) is 1. The molecule has 1 unspecified atom stereocenters. The Labute approximate surface area is 322 Å². The van der Waals surface area contributed by atoms with Gasteiger partial charge in [-0.1, -0.05) is 74.0 Å². The Morgan fingerprint density at radius 1 is 0.778 bits per heavy atom. The summed E-state index contributed by atoms with van der Waals surface area (Å²) in [6.07, 6.45) is 2.02. The molecule has 0 spiro atoms. The Kier molecular flexibility index (Phi) is 11.1. The summed E-state index contributed by atoms with van der Waals surface area (Å²) in [5, 5.41) is 13.2. The van der Waals surface area contributed by atoms with Crippen LogP contribution >= 0.6 is 0 Å². The third-order valence-corrected chi connectivity index (χ3v) is 15.8. The van der Waals surface area contributed by atoms with Crippen LogP contribution in [0.15, 0.2) is 11.6 Å². The minimum absolute atomic E-state index is 0.116. The standard InChI is InChI=1S/C43H66O11/c1-14-23(2)37(49)54-36-35(53-27(6)47)38(7,8)21-29-28-15-16-31-40(11)19-18-32(51-25(4)45)39(9,10)30(40)17-20-41(31,12)42(28,13)34(52-26(5)46)33(48)43(29,36)22-50-24(3)44/h15,23,29-36,48H,14,16-22H2,1-13H3/t23?,29-,30+,31-,32+,33-,34+,35+,36+,40+,41-,42+,43+/m1/s1. The minimum atomic E-state index is -1.54. The molecule has 5 aliphatic carbocycles. The van der Waals surface area contributed by atoms with E-state index < -0.39 is 81.8 Å². The second-order valence-electron chi connectivity index (χ2n) is 19.4. The van der Waals surface area contributed by atoms with Gasteiger partial charge < -0.3 is 28.8 Å². The molecule has 5 rings (SSSR count). The first-order valence-corrected chi connectivity index (χ1v) is 20.1. The first-order valence-electron chi connectivity index (χ1n) is 20.1. The summed E-state index contributed by atoms with van der Waals surface area (Å²) in [7, 11) is 0. The quantitative estimate of drug-likeness (QED) is 0.156. The average Bonchev–Trinajstić information content (AvgIpc) is 3.05. The van der Waals surface area contributed by atoms with Gasteiger partial charge in [0.15, 0.2) is 6.10 Å². The number of aliphatic hydroxyl groups excluding tert-OH is 1. The van der Waals surface area contributed by atoms with Crippen molar-refractivity contribution in [2.75, 3.05) is 6.61 Å². The van der Waals surface area contributed by atoms with E-state index in [0.29, 0.717) is 12.8 Å². The van der Waals surface area contributed by atoms with E-state index >= 15 is 0 Å². The molecule has 304 valence electrons. The number of carbonyl (C=O) groups excluding carboxylic acids is 5. The summed E-state index contributed by atoms with van der Waals surface area (Å²) >= 11 is 0. The summed E-state index contributed by atoms with van der Waals surface area (Å²) in [5.41, 5.74) is -3.14. The molecule has 0 saturated heterocycles. The first kappa shape index (κ1) is 42.2. The maximum atomic E-state index is 13.8. The number of hydrogen-bond acceptors (Lipinski definition) is 11. The zero-order valence-electron chi connectivity index (χ0n) is 35.0. The van der Waals surface area contributed by atoms with Gasteiger partial charge >= 0.3 is 29.8 Å². The van der Waals surface area contributed by atoms with Crippen LogP contribution in [0, 0.1) is 56.2 Å². The summed E-state index contributed by atoms with van der Waals surface area (Å²) in [4.78, 5) is 64.7. The molecular formula is C43H66O11. The van der Waals surface area contributed by atoms with E-state index in [1.807, 2.05) is 20.8 Å². The van der Waals surface area contributed by atoms with Crippen LogP contribution in [-0.2, 0) is 47.7 Å². The van der Waals surface area contributed by atoms with E-state index in [-0.39, 0.29) is 41.3 Å². The Bertz CT molecular complexity index is 1560. The summed E-state index contributed by atoms with van der Waals surface area (Å²) in [6.45, 7) is 23.8. The van der Waals surface area contributed by atoms with Gasteiger partial charge in [0.25, 0.3) is 0 Å². The van der Waals surface area contributed by atoms with Crippen LogP contribution in [-0.4, -0.2) is 72.1 Å². The van der Waals surface area contributed by atoms with Crippen molar-refractivity contribution in [1.29, 1.82) is 0 Å². The van der Waals surface area contributed by atoms with E-state index in [1.54, 1.807) is 6.92 Å². The Morgan fingerprint density at radius 2 is 1.37 bits per heavy atom. The second-order valence-corrected chi connectivity index (χ2v) is 19.4. The van der Waals surface area contributed by atoms with Gasteiger partial charge in [-0.15, -0.1) is 0 Å². The predicted molar refractivity (Wildman–Crippen MR) is 199 cm³/mol. The largest absolute Gasteiger partial charge is 0.465 e. The van der Waals surface area contributed by atoms with Gasteiger partial charge in [-0.3, -0.25) is 24.0 Å². The van der Waals surface area contributed by atoms with Crippen LogP contribution in [0.3, 0.4) is 0 Å². The van der Waals surface area contributed by atoms with Crippen LogP contribution in [0.2, 0.25) is 0 Å². The summed E-state index contributed by atoms with van der Waals surface area (Å²) in [6, 6.07) is 0. The maximum Gasteiger partial charge on any atom is 0.309 e. The van der Waals surface area contributed by atoms with Crippen molar-refractivity contribution in [2.24, 2.45) is 56.2 Å². The van der Waals surface area contributed by atoms with Gasteiger partial charge in [0.1, 0.15) is 31.0 Å². The van der Waals surface area contributed by atoms with Crippen molar-refractivity contribution < 1.29 is 52.8 Å². The van der Waals surface area contributed by atoms with Crippen molar-refractivity contribution >= 4 is 29.8 Å². The molecule has 4 fully saturated rings. The number of fused-ring (bicyclic) bond motifs is 7. The summed E-state index contributed by atoms with van der Waals surface area (Å²) in [5.74, 6) is -3.19. The SMILES string of the molecule is CCC(C)C(=O)O[C@H]1[C@H](OC(C)=O)C(C)(C)C[C@@H]2C3=CC[C@@H]4[C@@]5(C)CC[C@H](OC(C)=O)C(C)(C)[C@@H]5CC[C@@]4(C)[C@]3(C)[C@@H](OC(C)=O)[C@@H](O)[C@]21COC(C)=O. The van der Waals surface area contributed by atoms with E-state index in [4.69, 9.17) is 23.7 Å². The zero-order valence-corrected chi connectivity index (χ0v) is 35.0. The van der Waals surface area contributed by atoms with E-state index in [2.05, 4.69) is 40.7 Å². The van der Waals surface area contributed by atoms with Crippen LogP contribution in [0.5, 0.6) is 0 Å². The van der Waals surface area contributed by atoms with E-state index in [9.17, 15) is 29.1 Å². The van der Waals surface area contributed by atoms with Crippen LogP contribution in [0.1, 0.15) is 135 Å². The molecular weight excluding hydrogens is 692 g/mol. The molecule has 0 aromatic carbocycles. The molecule has 0 aromatic heterocycles. The molecule has 0 aromatic rings. The van der Waals surface area contributed by atoms with E-state index in [1.165, 1.54) is 27.7 Å². The number of ether oxygens (including phenoxy) is 5. The van der Waals surface area contributed by atoms with Gasteiger partial charge in [-0.05, 0) is 73.5 Å². The highest BCUT2D eigenvalue weighted by Gasteiger charge is 2.77. The fourth-order valence-corrected chi connectivity index (χ4v) is 12.8. The first-order chi connectivity index (χ1) is 24.9. The number of allylic oxidation sites excluding steroid dienone is 1. The molecule has 0 aliphatic heterocycles. The van der Waals surface area contributed by atoms with Crippen molar-refractivity contribution in [1.82, 2.24) is 0 Å². The van der Waals surface area contributed by atoms with Gasteiger partial charge in [-0.2, -0.15) is 0 Å². The molecule has 4 saturated carbocycles. The van der Waals surface area contributed by atoms with Crippen molar-refractivity contribution in [2.45, 2.75) is 165 Å². The number of aliphatic hydroxyl groups is 1. The third-order valence-electron chi connectivity index (χ3n) is 15.8. The monoisotopic (exact) mass is 758 g/mol. The molecule has 0 bridgehead atoms. The Hall–Kier alpha value is -2.95. The zero-order chi connectivity index (χ0) is 40.6. The molecule has 13 atom stereocenters. The maximum absolute atomic E-state index is 13.8. The second kappa shape index (κ2) is 14.2. The smallest absolute Gasteiger partial charge is 0.309 e. The lowest BCUT2D eigenvalue weighted by molar-refractivity contribution is -0.296. The molecule has 0 radical (unpaired) electrons. The number of carbonyl (C=O) groups is 5. The fourth-order valence-electron chi connectivity index (χ4n) is 12.8. The van der Waals surface area contributed by atoms with E-state index in [0.717, 1.165) is 37.7 Å². The van der Waals surface area contributed by atoms with Gasteiger partial charge in [0.2, 0.25) is 0 Å². The summed E-state index contributed by atoms with van der Waals surface area (Å²) < 4.78 is 30.6. The molecule has 54 heavy (non-hydrogen) atoms. The Morgan fingerprint density at radius 3 is 1.93 bits per heavy atom. The number of esters is 5. The predicted octanol–water partition coefficient (Wildman–Crippen LogP) is 6.90. The highest BCUT2D eigenvalue weighted by atomic mass is 16.6. The fraction of sp³-hybridized carbons (Fsp3) is 0.837. The lowest BCUT2D eigenvalue weighted by Crippen LogP contribution is -2.77. The molecule has 11 nitrogen and oxygen atoms in total. The average molecular weight is 759 g/mol. The third kappa shape index (κ3) is 6.30. The molecule has 1 N–H and O–H groups in total. The lowest BCUT2D eigenvalue weighted by Gasteiger charge is -2.73. The molecule has 0 heterocycles. The highest BCUT2D eigenvalue weighted by molar-refractivity contribution is 5.73. The molecule has 11 heteroatoms. The van der Waals surface area contributed by atoms with Gasteiger partial charge in [-0.25, -0.2) is 0 Å². The Balaban J connectivity index is 1.76. The van der Waals surface area contributed by atoms with Crippen molar-refractivity contribution in [3.63, 3.8) is 0 Å². The van der Waals surface area contributed by atoms with Crippen LogP contribution < -0.4 is 0 Å². The number of rotatable bonds is 8. The van der Waals surface area contributed by atoms with Crippen LogP contribution in [0.4, 0.5) is 0 Å². The minimum Gasteiger partial charge on any atom is -0.465 e. The highest BCUT2D eigenvalue weighted by Crippen LogP contribution is 2.76.